The van der Waals surface area contributed by atoms with E-state index in [0.717, 1.165) is 0 Å². The molecule has 0 fully saturated rings. The van der Waals surface area contributed by atoms with Crippen molar-refractivity contribution in [1.29, 1.82) is 0 Å². The van der Waals surface area contributed by atoms with Gasteiger partial charge in [0.1, 0.15) is 5.75 Å². The fraction of sp³-hybridized carbons (Fsp3) is 0.286. The maximum Gasteiger partial charge on any atom is 0.319 e. The summed E-state index contributed by atoms with van der Waals surface area (Å²) in [5.74, 6) is -0.852. The number of methoxy groups -OCH3 is 1. The van der Waals surface area contributed by atoms with Gasteiger partial charge < -0.3 is 20.5 Å². The first-order valence-electron chi connectivity index (χ1n) is 6.22. The highest BCUT2D eigenvalue weighted by atomic mass is 16.5. The third-order valence-electron chi connectivity index (χ3n) is 3.07. The zero-order chi connectivity index (χ0) is 14.5. The monoisotopic (exact) mass is 276 g/mol. The molecule has 0 spiro atoms. The maximum atomic E-state index is 11.9. The minimum absolute atomic E-state index is 0.272. The van der Waals surface area contributed by atoms with E-state index in [2.05, 4.69) is 10.6 Å². The van der Waals surface area contributed by atoms with Crippen LogP contribution in [0.25, 0.3) is 0 Å². The number of para-hydroxylation sites is 2. The molecule has 0 saturated heterocycles. The summed E-state index contributed by atoms with van der Waals surface area (Å²) in [7, 11) is 1.52. The molecule has 0 aliphatic heterocycles. The van der Waals surface area contributed by atoms with Gasteiger partial charge in [0.25, 0.3) is 0 Å². The van der Waals surface area contributed by atoms with E-state index in [4.69, 9.17) is 9.84 Å². The lowest BCUT2D eigenvalue weighted by Gasteiger charge is -2.14. The van der Waals surface area contributed by atoms with Crippen molar-refractivity contribution >= 4 is 17.7 Å². The standard InChI is InChI=1S/C14H16N2O4/c1-20-12-5-3-2-4-11(12)16-14(19)15-10-7-6-9(8-10)13(17)18/h2-7,9-10H,8H2,1H3,(H,17,18)(H2,15,16,19). The molecule has 6 heteroatoms. The maximum absolute atomic E-state index is 11.9. The Morgan fingerprint density at radius 1 is 1.30 bits per heavy atom. The highest BCUT2D eigenvalue weighted by molar-refractivity contribution is 5.91. The number of hydrogen-bond donors (Lipinski definition) is 3. The molecule has 2 atom stereocenters. The number of hydrogen-bond acceptors (Lipinski definition) is 3. The number of carbonyl (C=O) groups is 2. The van der Waals surface area contributed by atoms with Crippen LogP contribution in [0.4, 0.5) is 10.5 Å². The van der Waals surface area contributed by atoms with Gasteiger partial charge in [0, 0.05) is 0 Å². The van der Waals surface area contributed by atoms with Gasteiger partial charge in [-0.05, 0) is 18.6 Å². The van der Waals surface area contributed by atoms with E-state index >= 15 is 0 Å². The molecule has 0 radical (unpaired) electrons. The summed E-state index contributed by atoms with van der Waals surface area (Å²) in [6.45, 7) is 0. The molecule has 106 valence electrons. The van der Waals surface area contributed by atoms with Crippen LogP contribution in [0.5, 0.6) is 5.75 Å². The van der Waals surface area contributed by atoms with E-state index in [9.17, 15) is 9.59 Å². The number of amides is 2. The number of rotatable bonds is 4. The zero-order valence-corrected chi connectivity index (χ0v) is 11.0. The van der Waals surface area contributed by atoms with Crippen molar-refractivity contribution in [1.82, 2.24) is 5.32 Å². The average Bonchev–Trinajstić information content (AvgIpc) is 2.88. The summed E-state index contributed by atoms with van der Waals surface area (Å²) in [4.78, 5) is 22.7. The summed E-state index contributed by atoms with van der Waals surface area (Å²) in [6, 6.07) is 6.39. The minimum Gasteiger partial charge on any atom is -0.495 e. The normalized spacial score (nSPS) is 20.4. The predicted octanol–water partition coefficient (Wildman–Crippen LogP) is 1.85. The number of nitrogens with one attached hydrogen (secondary N) is 2. The van der Waals surface area contributed by atoms with E-state index in [-0.39, 0.29) is 6.04 Å². The number of anilines is 1. The summed E-state index contributed by atoms with van der Waals surface area (Å²) < 4.78 is 5.13. The third-order valence-corrected chi connectivity index (χ3v) is 3.07. The molecule has 3 N–H and O–H groups in total. The van der Waals surface area contributed by atoms with E-state index < -0.39 is 17.9 Å². The summed E-state index contributed by atoms with van der Waals surface area (Å²) in [5, 5.41) is 14.3. The smallest absolute Gasteiger partial charge is 0.319 e. The summed E-state index contributed by atoms with van der Waals surface area (Å²) in [6.07, 6.45) is 3.66. The summed E-state index contributed by atoms with van der Waals surface area (Å²) in [5.41, 5.74) is 0.560. The highest BCUT2D eigenvalue weighted by Gasteiger charge is 2.25. The van der Waals surface area contributed by atoms with Crippen LogP contribution in [0.15, 0.2) is 36.4 Å². The zero-order valence-electron chi connectivity index (χ0n) is 11.0. The van der Waals surface area contributed by atoms with Gasteiger partial charge in [-0.3, -0.25) is 4.79 Å². The second-order valence-corrected chi connectivity index (χ2v) is 4.47. The van der Waals surface area contributed by atoms with E-state index in [1.807, 2.05) is 0 Å². The number of carbonyl (C=O) groups excluding carboxylic acids is 1. The summed E-state index contributed by atoms with van der Waals surface area (Å²) >= 11 is 0. The van der Waals surface area contributed by atoms with Crippen molar-refractivity contribution in [2.45, 2.75) is 12.5 Å². The number of carboxylic acid groups (broad SMARTS) is 1. The molecule has 0 saturated carbocycles. The lowest BCUT2D eigenvalue weighted by atomic mass is 10.1. The molecule has 1 aliphatic rings. The van der Waals surface area contributed by atoms with Gasteiger partial charge in [-0.2, -0.15) is 0 Å². The minimum atomic E-state index is -0.879. The van der Waals surface area contributed by atoms with Gasteiger partial charge in [-0.15, -0.1) is 0 Å². The van der Waals surface area contributed by atoms with Crippen LogP contribution in [0.1, 0.15) is 6.42 Å². The molecule has 2 rings (SSSR count). The largest absolute Gasteiger partial charge is 0.495 e. The quantitative estimate of drug-likeness (QED) is 0.732. The Morgan fingerprint density at radius 2 is 2.05 bits per heavy atom. The van der Waals surface area contributed by atoms with Crippen LogP contribution in [0.3, 0.4) is 0 Å². The van der Waals surface area contributed by atoms with Crippen molar-refractivity contribution < 1.29 is 19.4 Å². The van der Waals surface area contributed by atoms with E-state index in [0.29, 0.717) is 17.9 Å². The lowest BCUT2D eigenvalue weighted by molar-refractivity contribution is -0.140. The SMILES string of the molecule is COc1ccccc1NC(=O)NC1C=CC(C(=O)O)C1. The molecular weight excluding hydrogens is 260 g/mol. The van der Waals surface area contributed by atoms with Crippen molar-refractivity contribution in [3.05, 3.63) is 36.4 Å². The topological polar surface area (TPSA) is 87.7 Å². The van der Waals surface area contributed by atoms with Gasteiger partial charge in [0.2, 0.25) is 0 Å². The molecule has 1 aliphatic carbocycles. The fourth-order valence-electron chi connectivity index (χ4n) is 2.06. The first-order chi connectivity index (χ1) is 9.60. The fourth-order valence-corrected chi connectivity index (χ4v) is 2.06. The van der Waals surface area contributed by atoms with Gasteiger partial charge in [0.05, 0.1) is 24.8 Å². The molecule has 20 heavy (non-hydrogen) atoms. The van der Waals surface area contributed by atoms with Crippen LogP contribution in [-0.4, -0.2) is 30.3 Å². The van der Waals surface area contributed by atoms with Crippen LogP contribution in [-0.2, 0) is 4.79 Å². The van der Waals surface area contributed by atoms with E-state index in [1.54, 1.807) is 36.4 Å². The van der Waals surface area contributed by atoms with Gasteiger partial charge in [0.15, 0.2) is 0 Å². The number of benzene rings is 1. The molecule has 1 aromatic rings. The molecule has 0 aromatic heterocycles. The van der Waals surface area contributed by atoms with Crippen LogP contribution in [0, 0.1) is 5.92 Å². The molecule has 2 unspecified atom stereocenters. The number of urea groups is 1. The molecule has 6 nitrogen and oxygen atoms in total. The number of aliphatic carboxylic acids is 1. The average molecular weight is 276 g/mol. The predicted molar refractivity (Wildman–Crippen MR) is 73.8 cm³/mol. The molecule has 2 amide bonds. The second kappa shape index (κ2) is 6.10. The Morgan fingerprint density at radius 3 is 2.70 bits per heavy atom. The third kappa shape index (κ3) is 3.28. The molecule has 1 aromatic carbocycles. The Kier molecular flexibility index (Phi) is 4.24. The van der Waals surface area contributed by atoms with Crippen molar-refractivity contribution in [3.8, 4) is 5.75 Å². The van der Waals surface area contributed by atoms with Gasteiger partial charge >= 0.3 is 12.0 Å². The van der Waals surface area contributed by atoms with Gasteiger partial charge in [-0.1, -0.05) is 24.3 Å². The van der Waals surface area contributed by atoms with E-state index in [1.165, 1.54) is 7.11 Å². The van der Waals surface area contributed by atoms with Crippen molar-refractivity contribution in [2.75, 3.05) is 12.4 Å². The van der Waals surface area contributed by atoms with Crippen LogP contribution in [0.2, 0.25) is 0 Å². The van der Waals surface area contributed by atoms with Crippen molar-refractivity contribution in [3.63, 3.8) is 0 Å². The second-order valence-electron chi connectivity index (χ2n) is 4.47. The first-order valence-corrected chi connectivity index (χ1v) is 6.22. The van der Waals surface area contributed by atoms with Gasteiger partial charge in [-0.25, -0.2) is 4.79 Å². The van der Waals surface area contributed by atoms with Crippen LogP contribution < -0.4 is 15.4 Å². The molecule has 0 bridgehead atoms. The molecule has 0 heterocycles. The Balaban J connectivity index is 1.91. The highest BCUT2D eigenvalue weighted by Crippen LogP contribution is 2.23. The number of carboxylic acids is 1. The lowest BCUT2D eigenvalue weighted by Crippen LogP contribution is -2.36. The Labute approximate surface area is 116 Å². The van der Waals surface area contributed by atoms with Crippen LogP contribution >= 0.6 is 0 Å². The molecular formula is C14H16N2O4. The number of ether oxygens (including phenoxy) is 1. The van der Waals surface area contributed by atoms with Crippen molar-refractivity contribution in [2.24, 2.45) is 5.92 Å². The first kappa shape index (κ1) is 13.9. The Bertz CT molecular complexity index is 542. The Hall–Kier alpha value is -2.50.